The Morgan fingerprint density at radius 1 is 1.18 bits per heavy atom. The van der Waals surface area contributed by atoms with Gasteiger partial charge in [-0.1, -0.05) is 12.2 Å². The fraction of sp³-hybridized carbons (Fsp3) is 0.692. The van der Waals surface area contributed by atoms with Gasteiger partial charge in [0.2, 0.25) is 11.8 Å². The minimum absolute atomic E-state index is 0.0420. The van der Waals surface area contributed by atoms with E-state index >= 15 is 0 Å². The molecule has 0 aromatic carbocycles. The van der Waals surface area contributed by atoms with Crippen LogP contribution in [0, 0.1) is 23.7 Å². The van der Waals surface area contributed by atoms with Gasteiger partial charge in [-0.3, -0.25) is 14.5 Å². The molecule has 4 nitrogen and oxygen atoms in total. The molecule has 2 aliphatic carbocycles. The van der Waals surface area contributed by atoms with Crippen LogP contribution in [0.25, 0.3) is 0 Å². The smallest absolute Gasteiger partial charge is 0.233 e. The minimum atomic E-state index is -0.0420. The zero-order valence-electron chi connectivity index (χ0n) is 10.3. The van der Waals surface area contributed by atoms with Crippen molar-refractivity contribution < 1.29 is 9.59 Å². The molecule has 2 fully saturated rings. The highest BCUT2D eigenvalue weighted by molar-refractivity contribution is 6.06. The molecule has 4 atom stereocenters. The van der Waals surface area contributed by atoms with Gasteiger partial charge in [-0.15, -0.1) is 0 Å². The predicted molar refractivity (Wildman–Crippen MR) is 63.0 cm³/mol. The van der Waals surface area contributed by atoms with E-state index in [-0.39, 0.29) is 23.7 Å². The molecule has 2 amide bonds. The van der Waals surface area contributed by atoms with Crippen molar-refractivity contribution in [3.63, 3.8) is 0 Å². The van der Waals surface area contributed by atoms with Gasteiger partial charge in [-0.25, -0.2) is 0 Å². The van der Waals surface area contributed by atoms with Gasteiger partial charge in [0, 0.05) is 13.1 Å². The van der Waals surface area contributed by atoms with Gasteiger partial charge in [0.05, 0.1) is 11.8 Å². The molecule has 4 heteroatoms. The molecule has 0 aromatic heterocycles. The molecule has 3 aliphatic rings. The Morgan fingerprint density at radius 2 is 1.71 bits per heavy atom. The van der Waals surface area contributed by atoms with E-state index in [1.54, 1.807) is 0 Å². The molecule has 0 aromatic rings. The first-order valence-corrected chi connectivity index (χ1v) is 6.28. The number of nitrogens with zero attached hydrogens (tertiary/aromatic N) is 2. The Bertz CT molecular complexity index is 372. The molecular weight excluding hydrogens is 216 g/mol. The average Bonchev–Trinajstić information content (AvgIpc) is 2.92. The van der Waals surface area contributed by atoms with Crippen molar-refractivity contribution >= 4 is 11.8 Å². The zero-order valence-corrected chi connectivity index (χ0v) is 10.3. The molecule has 0 radical (unpaired) electrons. The van der Waals surface area contributed by atoms with E-state index in [0.717, 1.165) is 13.0 Å². The van der Waals surface area contributed by atoms with Gasteiger partial charge in [-0.2, -0.15) is 0 Å². The van der Waals surface area contributed by atoms with Crippen LogP contribution < -0.4 is 0 Å². The Hall–Kier alpha value is -1.16. The van der Waals surface area contributed by atoms with Gasteiger partial charge < -0.3 is 4.90 Å². The van der Waals surface area contributed by atoms with Crippen LogP contribution in [-0.4, -0.2) is 48.8 Å². The number of allylic oxidation sites excluding steroid dienone is 2. The minimum Gasteiger partial charge on any atom is -0.308 e. The normalized spacial score (nSPS) is 38.6. The van der Waals surface area contributed by atoms with Crippen LogP contribution in [0.4, 0.5) is 0 Å². The zero-order chi connectivity index (χ0) is 12.2. The number of hydrogen-bond donors (Lipinski definition) is 0. The summed E-state index contributed by atoms with van der Waals surface area (Å²) in [5.74, 6) is 0.702. The van der Waals surface area contributed by atoms with Gasteiger partial charge in [0.1, 0.15) is 0 Å². The van der Waals surface area contributed by atoms with Crippen molar-refractivity contribution in [3.05, 3.63) is 12.2 Å². The second-order valence-corrected chi connectivity index (χ2v) is 5.63. The highest BCUT2D eigenvalue weighted by Crippen LogP contribution is 2.52. The summed E-state index contributed by atoms with van der Waals surface area (Å²) in [4.78, 5) is 28.0. The highest BCUT2D eigenvalue weighted by Gasteiger charge is 2.58. The average molecular weight is 234 g/mol. The lowest BCUT2D eigenvalue weighted by atomic mass is 9.85. The fourth-order valence-electron chi connectivity index (χ4n) is 3.48. The SMILES string of the molecule is CN(C)CCN1C(=O)[C@@H]2[C@H](C1=O)[C@H]1C=C[C@@H]2C1. The molecule has 0 N–H and O–H groups in total. The number of fused-ring (bicyclic) bond motifs is 5. The first-order valence-electron chi connectivity index (χ1n) is 6.28. The van der Waals surface area contributed by atoms with Crippen LogP contribution in [-0.2, 0) is 9.59 Å². The summed E-state index contributed by atoms with van der Waals surface area (Å²) in [5.41, 5.74) is 0. The lowest BCUT2D eigenvalue weighted by molar-refractivity contribution is -0.140. The molecule has 2 bridgehead atoms. The summed E-state index contributed by atoms with van der Waals surface area (Å²) in [7, 11) is 3.91. The lowest BCUT2D eigenvalue weighted by Gasteiger charge is -2.19. The van der Waals surface area contributed by atoms with Crippen LogP contribution in [0.1, 0.15) is 6.42 Å². The van der Waals surface area contributed by atoms with E-state index in [1.165, 1.54) is 4.90 Å². The summed E-state index contributed by atoms with van der Waals surface area (Å²) in [6, 6.07) is 0. The molecule has 17 heavy (non-hydrogen) atoms. The monoisotopic (exact) mass is 234 g/mol. The summed E-state index contributed by atoms with van der Waals surface area (Å²) in [6.07, 6.45) is 5.27. The van der Waals surface area contributed by atoms with Gasteiger partial charge in [0.15, 0.2) is 0 Å². The topological polar surface area (TPSA) is 40.6 Å². The molecule has 1 saturated carbocycles. The van der Waals surface area contributed by atoms with E-state index < -0.39 is 0 Å². The van der Waals surface area contributed by atoms with Crippen LogP contribution in [0.2, 0.25) is 0 Å². The largest absolute Gasteiger partial charge is 0.308 e. The summed E-state index contributed by atoms with van der Waals surface area (Å²) in [5, 5.41) is 0. The van der Waals surface area contributed by atoms with E-state index in [0.29, 0.717) is 18.4 Å². The Labute approximate surface area is 101 Å². The van der Waals surface area contributed by atoms with Crippen molar-refractivity contribution in [2.75, 3.05) is 27.2 Å². The van der Waals surface area contributed by atoms with Crippen LogP contribution in [0.3, 0.4) is 0 Å². The van der Waals surface area contributed by atoms with Gasteiger partial charge in [-0.05, 0) is 32.4 Å². The number of rotatable bonds is 3. The van der Waals surface area contributed by atoms with E-state index in [1.807, 2.05) is 19.0 Å². The number of likely N-dealkylation sites (tertiary alicyclic amines) is 1. The number of carbonyl (C=O) groups excluding carboxylic acids is 2. The third-order valence-corrected chi connectivity index (χ3v) is 4.33. The number of likely N-dealkylation sites (N-methyl/N-ethyl adjacent to an activating group) is 1. The van der Waals surface area contributed by atoms with Crippen molar-refractivity contribution in [1.29, 1.82) is 0 Å². The van der Waals surface area contributed by atoms with Gasteiger partial charge >= 0.3 is 0 Å². The molecule has 0 unspecified atom stereocenters. The first-order chi connectivity index (χ1) is 8.09. The highest BCUT2D eigenvalue weighted by atomic mass is 16.2. The van der Waals surface area contributed by atoms with E-state index in [9.17, 15) is 9.59 Å². The Balaban J connectivity index is 1.78. The second kappa shape index (κ2) is 3.67. The summed E-state index contributed by atoms with van der Waals surface area (Å²) >= 11 is 0. The Morgan fingerprint density at radius 3 is 2.18 bits per heavy atom. The number of amides is 2. The molecule has 1 aliphatic heterocycles. The molecule has 1 heterocycles. The maximum Gasteiger partial charge on any atom is 0.233 e. The summed E-state index contributed by atoms with van der Waals surface area (Å²) in [6.45, 7) is 1.29. The lowest BCUT2D eigenvalue weighted by Crippen LogP contribution is -2.38. The molecule has 1 saturated heterocycles. The van der Waals surface area contributed by atoms with Crippen LogP contribution in [0.5, 0.6) is 0 Å². The fourth-order valence-corrected chi connectivity index (χ4v) is 3.48. The van der Waals surface area contributed by atoms with E-state index in [4.69, 9.17) is 0 Å². The standard InChI is InChI=1S/C13H18N2O2/c1-14(2)5-6-15-12(16)10-8-3-4-9(7-8)11(10)13(15)17/h3-4,8-11H,5-7H2,1-2H3/t8-,9+,10+,11-. The third-order valence-electron chi connectivity index (χ3n) is 4.33. The maximum atomic E-state index is 12.3. The molecule has 0 spiro atoms. The number of carbonyl (C=O) groups is 2. The van der Waals surface area contributed by atoms with Gasteiger partial charge in [0.25, 0.3) is 0 Å². The maximum absolute atomic E-state index is 12.3. The molecule has 92 valence electrons. The summed E-state index contributed by atoms with van der Waals surface area (Å²) < 4.78 is 0. The predicted octanol–water partition coefficient (Wildman–Crippen LogP) is 0.355. The Kier molecular flexibility index (Phi) is 2.36. The first kappa shape index (κ1) is 11.0. The van der Waals surface area contributed by atoms with Crippen molar-refractivity contribution in [3.8, 4) is 0 Å². The number of hydrogen-bond acceptors (Lipinski definition) is 3. The third kappa shape index (κ3) is 1.47. The van der Waals surface area contributed by atoms with Crippen LogP contribution in [0.15, 0.2) is 12.2 Å². The van der Waals surface area contributed by atoms with Crippen molar-refractivity contribution in [1.82, 2.24) is 9.80 Å². The molecular formula is C13H18N2O2. The van der Waals surface area contributed by atoms with Crippen LogP contribution >= 0.6 is 0 Å². The molecule has 3 rings (SSSR count). The second-order valence-electron chi connectivity index (χ2n) is 5.63. The van der Waals surface area contributed by atoms with E-state index in [2.05, 4.69) is 12.2 Å². The quantitative estimate of drug-likeness (QED) is 0.523. The van der Waals surface area contributed by atoms with Crippen molar-refractivity contribution in [2.45, 2.75) is 6.42 Å². The number of imide groups is 1. The van der Waals surface area contributed by atoms with Crippen molar-refractivity contribution in [2.24, 2.45) is 23.7 Å².